The molecule has 1 nitrogen and oxygen atoms in total. The SMILES string of the molecule is O=CC(F)c1ccc(Cl)s1. The highest BCUT2D eigenvalue weighted by atomic mass is 35.5. The van der Waals surface area contributed by atoms with Gasteiger partial charge in [-0.3, -0.25) is 4.79 Å². The van der Waals surface area contributed by atoms with Gasteiger partial charge in [0, 0.05) is 4.88 Å². The van der Waals surface area contributed by atoms with E-state index in [1.807, 2.05) is 0 Å². The zero-order valence-electron chi connectivity index (χ0n) is 4.88. The van der Waals surface area contributed by atoms with Crippen molar-refractivity contribution in [2.45, 2.75) is 6.17 Å². The molecule has 0 N–H and O–H groups in total. The number of aldehydes is 1. The second-order valence-electron chi connectivity index (χ2n) is 1.68. The Morgan fingerprint density at radius 3 is 2.80 bits per heavy atom. The highest BCUT2D eigenvalue weighted by molar-refractivity contribution is 7.16. The van der Waals surface area contributed by atoms with Crippen LogP contribution in [-0.4, -0.2) is 6.29 Å². The lowest BCUT2D eigenvalue weighted by atomic mass is 10.3. The molecule has 0 spiro atoms. The molecule has 0 radical (unpaired) electrons. The Labute approximate surface area is 66.4 Å². The van der Waals surface area contributed by atoms with Crippen molar-refractivity contribution in [2.24, 2.45) is 0 Å². The smallest absolute Gasteiger partial charge is 0.189 e. The number of rotatable bonds is 2. The van der Waals surface area contributed by atoms with E-state index >= 15 is 0 Å². The topological polar surface area (TPSA) is 17.1 Å². The maximum Gasteiger partial charge on any atom is 0.189 e. The molecule has 0 fully saturated rings. The Hall–Kier alpha value is -0.410. The van der Waals surface area contributed by atoms with Crippen LogP contribution in [0.4, 0.5) is 4.39 Å². The fraction of sp³-hybridized carbons (Fsp3) is 0.167. The van der Waals surface area contributed by atoms with E-state index in [0.29, 0.717) is 9.21 Å². The summed E-state index contributed by atoms with van der Waals surface area (Å²) in [5, 5.41) is 0. The van der Waals surface area contributed by atoms with Gasteiger partial charge in [-0.2, -0.15) is 0 Å². The molecule has 0 aromatic carbocycles. The monoisotopic (exact) mass is 178 g/mol. The van der Waals surface area contributed by atoms with Crippen LogP contribution in [0.1, 0.15) is 11.0 Å². The Balaban J connectivity index is 2.84. The maximum absolute atomic E-state index is 12.5. The van der Waals surface area contributed by atoms with Crippen LogP contribution in [-0.2, 0) is 4.79 Å². The van der Waals surface area contributed by atoms with E-state index in [9.17, 15) is 9.18 Å². The number of hydrogen-bond acceptors (Lipinski definition) is 2. The molecule has 0 saturated heterocycles. The van der Waals surface area contributed by atoms with E-state index in [0.717, 1.165) is 11.3 Å². The van der Waals surface area contributed by atoms with Crippen molar-refractivity contribution < 1.29 is 9.18 Å². The summed E-state index contributed by atoms with van der Waals surface area (Å²) in [4.78, 5) is 10.3. The molecule has 10 heavy (non-hydrogen) atoms. The van der Waals surface area contributed by atoms with Crippen molar-refractivity contribution in [1.82, 2.24) is 0 Å². The molecular weight excluding hydrogens is 175 g/mol. The second kappa shape index (κ2) is 3.12. The van der Waals surface area contributed by atoms with E-state index in [-0.39, 0.29) is 6.29 Å². The number of halogens is 2. The Morgan fingerprint density at radius 2 is 2.40 bits per heavy atom. The molecule has 0 aliphatic heterocycles. The number of carbonyl (C=O) groups excluding carboxylic acids is 1. The average molecular weight is 179 g/mol. The summed E-state index contributed by atoms with van der Waals surface area (Å²) in [6.07, 6.45) is -1.26. The first-order valence-corrected chi connectivity index (χ1v) is 3.78. The minimum absolute atomic E-state index is 0.252. The summed E-state index contributed by atoms with van der Waals surface area (Å²) in [5.74, 6) is 0. The third-order valence-corrected chi connectivity index (χ3v) is 2.27. The number of thiophene rings is 1. The lowest BCUT2D eigenvalue weighted by Gasteiger charge is -1.90. The Bertz CT molecular complexity index is 235. The molecule has 0 aliphatic rings. The highest BCUT2D eigenvalue weighted by Crippen LogP contribution is 2.27. The lowest BCUT2D eigenvalue weighted by molar-refractivity contribution is -0.112. The summed E-state index contributed by atoms with van der Waals surface area (Å²) >= 11 is 6.58. The van der Waals surface area contributed by atoms with Crippen LogP contribution in [0.25, 0.3) is 0 Å². The molecule has 1 unspecified atom stereocenters. The molecular formula is C6H4ClFOS. The first kappa shape index (κ1) is 7.69. The average Bonchev–Trinajstić information content (AvgIpc) is 2.34. The van der Waals surface area contributed by atoms with Crippen LogP contribution < -0.4 is 0 Å². The van der Waals surface area contributed by atoms with Gasteiger partial charge in [-0.1, -0.05) is 11.6 Å². The number of carbonyl (C=O) groups is 1. The Kier molecular flexibility index (Phi) is 2.40. The standard InChI is InChI=1S/C6H4ClFOS/c7-6-2-1-5(10-6)4(8)3-9/h1-4H. The van der Waals surface area contributed by atoms with Gasteiger partial charge in [-0.15, -0.1) is 11.3 Å². The summed E-state index contributed by atoms with van der Waals surface area (Å²) in [7, 11) is 0. The van der Waals surface area contributed by atoms with Gasteiger partial charge in [0.05, 0.1) is 4.34 Å². The summed E-state index contributed by atoms with van der Waals surface area (Å²) < 4.78 is 13.0. The van der Waals surface area contributed by atoms with Crippen molar-refractivity contribution in [3.8, 4) is 0 Å². The molecule has 0 saturated carbocycles. The molecule has 54 valence electrons. The molecule has 0 aliphatic carbocycles. The number of alkyl halides is 1. The minimum Gasteiger partial charge on any atom is -0.300 e. The van der Waals surface area contributed by atoms with E-state index in [2.05, 4.69) is 0 Å². The van der Waals surface area contributed by atoms with Crippen LogP contribution in [0, 0.1) is 0 Å². The van der Waals surface area contributed by atoms with Crippen LogP contribution in [0.3, 0.4) is 0 Å². The van der Waals surface area contributed by atoms with E-state index in [4.69, 9.17) is 11.6 Å². The normalized spacial score (nSPS) is 13.0. The molecule has 0 bridgehead atoms. The van der Waals surface area contributed by atoms with Gasteiger partial charge >= 0.3 is 0 Å². The number of hydrogen-bond donors (Lipinski definition) is 0. The summed E-state index contributed by atoms with van der Waals surface area (Å²) in [6, 6.07) is 3.07. The van der Waals surface area contributed by atoms with Crippen LogP contribution >= 0.6 is 22.9 Å². The van der Waals surface area contributed by atoms with Crippen LogP contribution in [0.5, 0.6) is 0 Å². The summed E-state index contributed by atoms with van der Waals surface area (Å²) in [6.45, 7) is 0. The van der Waals surface area contributed by atoms with Gasteiger partial charge in [0.15, 0.2) is 12.5 Å². The third kappa shape index (κ3) is 1.55. The zero-order chi connectivity index (χ0) is 7.56. The van der Waals surface area contributed by atoms with E-state index in [1.165, 1.54) is 6.07 Å². The predicted molar refractivity (Wildman–Crippen MR) is 39.2 cm³/mol. The van der Waals surface area contributed by atoms with Crippen LogP contribution in [0.15, 0.2) is 12.1 Å². The molecule has 1 heterocycles. The quantitative estimate of drug-likeness (QED) is 0.637. The fourth-order valence-electron chi connectivity index (χ4n) is 0.544. The molecule has 1 aromatic heterocycles. The lowest BCUT2D eigenvalue weighted by Crippen LogP contribution is -1.86. The molecule has 1 aromatic rings. The molecule has 1 rings (SSSR count). The van der Waals surface area contributed by atoms with Crippen molar-refractivity contribution in [2.75, 3.05) is 0 Å². The van der Waals surface area contributed by atoms with E-state index in [1.54, 1.807) is 6.07 Å². The fourth-order valence-corrected chi connectivity index (χ4v) is 1.54. The minimum atomic E-state index is -1.52. The van der Waals surface area contributed by atoms with Gasteiger partial charge in [0.2, 0.25) is 0 Å². The van der Waals surface area contributed by atoms with Gasteiger partial charge in [-0.05, 0) is 12.1 Å². The molecule has 4 heteroatoms. The van der Waals surface area contributed by atoms with Gasteiger partial charge in [-0.25, -0.2) is 4.39 Å². The largest absolute Gasteiger partial charge is 0.300 e. The Morgan fingerprint density at radius 1 is 1.70 bits per heavy atom. The van der Waals surface area contributed by atoms with Gasteiger partial charge in [0.1, 0.15) is 0 Å². The summed E-state index contributed by atoms with van der Waals surface area (Å²) in [5.41, 5.74) is 0. The predicted octanol–water partition coefficient (Wildman–Crippen LogP) is 2.61. The van der Waals surface area contributed by atoms with Crippen molar-refractivity contribution in [3.05, 3.63) is 21.3 Å². The highest BCUT2D eigenvalue weighted by Gasteiger charge is 2.09. The zero-order valence-corrected chi connectivity index (χ0v) is 6.45. The van der Waals surface area contributed by atoms with Gasteiger partial charge in [0.25, 0.3) is 0 Å². The first-order valence-electron chi connectivity index (χ1n) is 2.58. The van der Waals surface area contributed by atoms with E-state index < -0.39 is 6.17 Å². The molecule has 1 atom stereocenters. The van der Waals surface area contributed by atoms with Gasteiger partial charge < -0.3 is 0 Å². The second-order valence-corrected chi connectivity index (χ2v) is 3.43. The van der Waals surface area contributed by atoms with Crippen molar-refractivity contribution in [3.63, 3.8) is 0 Å². The van der Waals surface area contributed by atoms with Crippen molar-refractivity contribution >= 4 is 29.2 Å². The molecule has 0 amide bonds. The maximum atomic E-state index is 12.5. The van der Waals surface area contributed by atoms with Crippen molar-refractivity contribution in [1.29, 1.82) is 0 Å². The first-order chi connectivity index (χ1) is 4.74. The third-order valence-electron chi connectivity index (χ3n) is 0.985. The van der Waals surface area contributed by atoms with Crippen LogP contribution in [0.2, 0.25) is 4.34 Å².